The fourth-order valence-corrected chi connectivity index (χ4v) is 4.72. The fourth-order valence-electron chi connectivity index (χ4n) is 4.72. The zero-order chi connectivity index (χ0) is 25.1. The van der Waals surface area contributed by atoms with Gasteiger partial charge in [-0.2, -0.15) is 0 Å². The van der Waals surface area contributed by atoms with Gasteiger partial charge in [-0.15, -0.1) is 0 Å². The van der Waals surface area contributed by atoms with Gasteiger partial charge in [0.05, 0.1) is 31.3 Å². The third-order valence-electron chi connectivity index (χ3n) is 6.48. The summed E-state index contributed by atoms with van der Waals surface area (Å²) in [6.45, 7) is 4.67. The normalized spacial score (nSPS) is 14.4. The molecule has 1 aliphatic rings. The number of fused-ring (bicyclic) bond motifs is 3. The van der Waals surface area contributed by atoms with Crippen LogP contribution < -0.4 is 5.32 Å². The molecule has 1 aliphatic heterocycles. The van der Waals surface area contributed by atoms with Crippen molar-refractivity contribution in [3.05, 3.63) is 119 Å². The van der Waals surface area contributed by atoms with Gasteiger partial charge >= 0.3 is 12.0 Å². The van der Waals surface area contributed by atoms with Crippen LogP contribution in [0.4, 0.5) is 10.5 Å². The molecule has 2 heterocycles. The highest BCUT2D eigenvalue weighted by Crippen LogP contribution is 2.37. The van der Waals surface area contributed by atoms with Crippen LogP contribution in [0.3, 0.4) is 0 Å². The maximum Gasteiger partial charge on any atom is 0.322 e. The Hall–Kier alpha value is -4.32. The number of rotatable bonds is 5. The number of amides is 2. The minimum atomic E-state index is -0.268. The van der Waals surface area contributed by atoms with Crippen LogP contribution in [0.25, 0.3) is 5.69 Å². The Morgan fingerprint density at radius 1 is 0.944 bits per heavy atom. The first-order valence-electron chi connectivity index (χ1n) is 12.2. The SMILES string of the molecule is CCOC(=O)Cc1ccc(NC(=O)N2Cc3ccccc3-n3cccc3C2c2ccc(C)cc2)cc1. The Kier molecular flexibility index (Phi) is 6.58. The molecule has 0 saturated heterocycles. The molecule has 4 aromatic rings. The number of carbonyl (C=O) groups excluding carboxylic acids is 2. The summed E-state index contributed by atoms with van der Waals surface area (Å²) >= 11 is 0. The van der Waals surface area contributed by atoms with E-state index in [1.165, 1.54) is 5.56 Å². The van der Waals surface area contributed by atoms with Crippen LogP contribution in [0, 0.1) is 6.92 Å². The summed E-state index contributed by atoms with van der Waals surface area (Å²) in [5, 5.41) is 3.07. The Labute approximate surface area is 211 Å². The largest absolute Gasteiger partial charge is 0.466 e. The highest BCUT2D eigenvalue weighted by Gasteiger charge is 2.33. The number of hydrogen-bond acceptors (Lipinski definition) is 3. The molecular weight excluding hydrogens is 450 g/mol. The predicted molar refractivity (Wildman–Crippen MR) is 140 cm³/mol. The van der Waals surface area contributed by atoms with Crippen LogP contribution in [0.5, 0.6) is 0 Å². The summed E-state index contributed by atoms with van der Waals surface area (Å²) in [5.74, 6) is -0.263. The van der Waals surface area contributed by atoms with E-state index in [9.17, 15) is 9.59 Å². The average Bonchev–Trinajstić information content (AvgIpc) is 3.30. The summed E-state index contributed by atoms with van der Waals surface area (Å²) in [5.41, 5.74) is 6.91. The van der Waals surface area contributed by atoms with Gasteiger partial charge < -0.3 is 19.5 Å². The summed E-state index contributed by atoms with van der Waals surface area (Å²) < 4.78 is 7.20. The number of anilines is 1. The molecule has 3 aromatic carbocycles. The fraction of sp³-hybridized carbons (Fsp3) is 0.200. The molecule has 6 nitrogen and oxygen atoms in total. The monoisotopic (exact) mass is 479 g/mol. The van der Waals surface area contributed by atoms with Gasteiger partial charge in [0.25, 0.3) is 0 Å². The van der Waals surface area contributed by atoms with Crippen LogP contribution in [0.1, 0.15) is 40.9 Å². The molecule has 5 rings (SSSR count). The third-order valence-corrected chi connectivity index (χ3v) is 6.48. The molecule has 1 N–H and O–H groups in total. The number of nitrogens with zero attached hydrogens (tertiary/aromatic N) is 2. The highest BCUT2D eigenvalue weighted by molar-refractivity contribution is 5.90. The van der Waals surface area contributed by atoms with E-state index in [4.69, 9.17) is 4.74 Å². The molecule has 0 spiro atoms. The summed E-state index contributed by atoms with van der Waals surface area (Å²) in [7, 11) is 0. The molecule has 0 saturated carbocycles. The van der Waals surface area contributed by atoms with Crippen molar-refractivity contribution >= 4 is 17.7 Å². The molecule has 0 fully saturated rings. The Balaban J connectivity index is 1.47. The third kappa shape index (κ3) is 4.75. The number of nitrogens with one attached hydrogen (secondary N) is 1. The molecule has 182 valence electrons. The van der Waals surface area contributed by atoms with Crippen molar-refractivity contribution in [1.82, 2.24) is 9.47 Å². The number of hydrogen-bond donors (Lipinski definition) is 1. The van der Waals surface area contributed by atoms with Gasteiger partial charge in [0.1, 0.15) is 0 Å². The Morgan fingerprint density at radius 2 is 1.69 bits per heavy atom. The number of urea groups is 1. The molecule has 6 heteroatoms. The number of benzene rings is 3. The van der Waals surface area contributed by atoms with Gasteiger partial charge in [-0.25, -0.2) is 4.79 Å². The van der Waals surface area contributed by atoms with E-state index in [1.807, 2.05) is 47.4 Å². The van der Waals surface area contributed by atoms with E-state index in [0.29, 0.717) is 18.8 Å². The number of aryl methyl sites for hydroxylation is 1. The number of carbonyl (C=O) groups is 2. The molecular formula is C30H29N3O3. The molecule has 1 atom stereocenters. The topological polar surface area (TPSA) is 63.6 Å². The second kappa shape index (κ2) is 10.1. The van der Waals surface area contributed by atoms with E-state index < -0.39 is 0 Å². The van der Waals surface area contributed by atoms with Crippen molar-refractivity contribution in [3.63, 3.8) is 0 Å². The van der Waals surface area contributed by atoms with Gasteiger partial charge in [0.2, 0.25) is 0 Å². The first kappa shape index (κ1) is 23.4. The smallest absolute Gasteiger partial charge is 0.322 e. The maximum atomic E-state index is 13.8. The van der Waals surface area contributed by atoms with Crippen molar-refractivity contribution in [2.45, 2.75) is 32.9 Å². The molecule has 0 radical (unpaired) electrons. The van der Waals surface area contributed by atoms with Gasteiger partial charge in [-0.05, 0) is 60.9 Å². The van der Waals surface area contributed by atoms with Crippen molar-refractivity contribution < 1.29 is 14.3 Å². The summed E-state index contributed by atoms with van der Waals surface area (Å²) in [6, 6.07) is 27.5. The summed E-state index contributed by atoms with van der Waals surface area (Å²) in [6.07, 6.45) is 2.26. The van der Waals surface area contributed by atoms with E-state index in [0.717, 1.165) is 28.1 Å². The predicted octanol–water partition coefficient (Wildman–Crippen LogP) is 6.03. The minimum absolute atomic E-state index is 0.192. The summed E-state index contributed by atoms with van der Waals surface area (Å²) in [4.78, 5) is 27.5. The van der Waals surface area contributed by atoms with Crippen molar-refractivity contribution in [3.8, 4) is 5.69 Å². The quantitative estimate of drug-likeness (QED) is 0.356. The first-order chi connectivity index (χ1) is 17.5. The van der Waals surface area contributed by atoms with Crippen LogP contribution in [0.2, 0.25) is 0 Å². The lowest BCUT2D eigenvalue weighted by atomic mass is 10.0. The number of aromatic nitrogens is 1. The number of para-hydroxylation sites is 1. The van der Waals surface area contributed by atoms with Gasteiger partial charge in [0.15, 0.2) is 0 Å². The standard InChI is InChI=1S/C30H29N3O3/c1-3-36-28(34)19-22-12-16-25(17-13-22)31-30(35)33-20-24-7-4-5-8-26(24)32-18-6-9-27(32)29(33)23-14-10-21(2)11-15-23/h4-18,29H,3,19-20H2,1-2H3,(H,31,35). The van der Waals surface area contributed by atoms with Crippen LogP contribution in [0.15, 0.2) is 91.1 Å². The Morgan fingerprint density at radius 3 is 2.44 bits per heavy atom. The maximum absolute atomic E-state index is 13.8. The molecule has 1 aromatic heterocycles. The molecule has 1 unspecified atom stereocenters. The van der Waals surface area contributed by atoms with E-state index >= 15 is 0 Å². The van der Waals surface area contributed by atoms with Crippen molar-refractivity contribution in [2.75, 3.05) is 11.9 Å². The van der Waals surface area contributed by atoms with Gasteiger partial charge in [0, 0.05) is 17.6 Å². The zero-order valence-electron chi connectivity index (χ0n) is 20.5. The van der Waals surface area contributed by atoms with Crippen LogP contribution in [-0.2, 0) is 22.5 Å². The Bertz CT molecular complexity index is 1370. The van der Waals surface area contributed by atoms with Crippen molar-refractivity contribution in [2.24, 2.45) is 0 Å². The molecule has 0 aliphatic carbocycles. The van der Waals surface area contributed by atoms with Crippen molar-refractivity contribution in [1.29, 1.82) is 0 Å². The van der Waals surface area contributed by atoms with E-state index in [-0.39, 0.29) is 24.5 Å². The van der Waals surface area contributed by atoms with E-state index in [2.05, 4.69) is 65.5 Å². The lowest BCUT2D eigenvalue weighted by Crippen LogP contribution is -2.37. The average molecular weight is 480 g/mol. The number of esters is 1. The van der Waals surface area contributed by atoms with Crippen LogP contribution in [-0.4, -0.2) is 28.1 Å². The van der Waals surface area contributed by atoms with Gasteiger partial charge in [-0.1, -0.05) is 60.2 Å². The second-order valence-electron chi connectivity index (χ2n) is 8.98. The highest BCUT2D eigenvalue weighted by atomic mass is 16.5. The molecule has 2 amide bonds. The van der Waals surface area contributed by atoms with E-state index in [1.54, 1.807) is 6.92 Å². The zero-order valence-corrected chi connectivity index (χ0v) is 20.5. The first-order valence-corrected chi connectivity index (χ1v) is 12.2. The second-order valence-corrected chi connectivity index (χ2v) is 8.98. The van der Waals surface area contributed by atoms with Gasteiger partial charge in [-0.3, -0.25) is 4.79 Å². The lowest BCUT2D eigenvalue weighted by Gasteiger charge is -2.31. The minimum Gasteiger partial charge on any atom is -0.466 e. The lowest BCUT2D eigenvalue weighted by molar-refractivity contribution is -0.142. The van der Waals surface area contributed by atoms with Crippen LogP contribution >= 0.6 is 0 Å². The molecule has 0 bridgehead atoms. The number of ether oxygens (including phenoxy) is 1. The molecule has 36 heavy (non-hydrogen) atoms.